The number of anilines is 1. The van der Waals surface area contributed by atoms with Crippen LogP contribution in [0.2, 0.25) is 0 Å². The summed E-state index contributed by atoms with van der Waals surface area (Å²) in [5, 5.41) is 22.3. The lowest BCUT2D eigenvalue weighted by atomic mass is 9.61. The van der Waals surface area contributed by atoms with E-state index in [1.54, 1.807) is 23.0 Å². The summed E-state index contributed by atoms with van der Waals surface area (Å²) in [6.45, 7) is 4.09. The van der Waals surface area contributed by atoms with Crippen LogP contribution in [0.15, 0.2) is 35.0 Å². The lowest BCUT2D eigenvalue weighted by Crippen LogP contribution is -2.48. The van der Waals surface area contributed by atoms with Gasteiger partial charge in [0.2, 0.25) is 5.88 Å². The van der Waals surface area contributed by atoms with Crippen molar-refractivity contribution in [3.05, 3.63) is 64.2 Å². The third kappa shape index (κ3) is 5.11. The Balaban J connectivity index is 1.20. The predicted octanol–water partition coefficient (Wildman–Crippen LogP) is 3.72. The van der Waals surface area contributed by atoms with Crippen LogP contribution in [0.25, 0.3) is 17.3 Å². The SMILES string of the molecule is C[C@H](Oc1cc(-n2ccc(C(=O)NC3COC3)n2)nc(-c2noc3c2CCC[C@@]32CCCc3ccc(N)c(C#N)c32)n1)[C@@H]1CCCN1C. The Morgan fingerprint density at radius 1 is 1.19 bits per heavy atom. The molecule has 3 atom stereocenters. The molecular formula is C35H39N9O4. The maximum Gasteiger partial charge on any atom is 0.272 e. The van der Waals surface area contributed by atoms with Crippen molar-refractivity contribution >= 4 is 11.6 Å². The Morgan fingerprint density at radius 3 is 2.77 bits per heavy atom. The van der Waals surface area contributed by atoms with Crippen LogP contribution < -0.4 is 15.8 Å². The first-order valence-corrected chi connectivity index (χ1v) is 16.9. The van der Waals surface area contributed by atoms with Crippen LogP contribution in [-0.2, 0) is 23.0 Å². The molecule has 0 radical (unpaired) electrons. The number of nitrogen functional groups attached to an aromatic ring is 1. The predicted molar refractivity (Wildman–Crippen MR) is 175 cm³/mol. The van der Waals surface area contributed by atoms with Crippen LogP contribution in [0.5, 0.6) is 5.88 Å². The molecule has 4 aromatic rings. The number of nitrogens with two attached hydrogens (primary N) is 1. The van der Waals surface area contributed by atoms with Crippen LogP contribution in [0.1, 0.15) is 84.0 Å². The summed E-state index contributed by atoms with van der Waals surface area (Å²) < 4.78 is 19.5. The molecule has 0 bridgehead atoms. The molecule has 2 saturated heterocycles. The number of nitriles is 1. The minimum Gasteiger partial charge on any atom is -0.473 e. The fraction of sp³-hybridized carbons (Fsp3) is 0.486. The zero-order valence-electron chi connectivity index (χ0n) is 27.2. The number of hydrogen-bond donors (Lipinski definition) is 2. The zero-order chi connectivity index (χ0) is 33.0. The highest BCUT2D eigenvalue weighted by atomic mass is 16.5. The lowest BCUT2D eigenvalue weighted by molar-refractivity contribution is -0.00355. The van der Waals surface area contributed by atoms with Gasteiger partial charge in [-0.1, -0.05) is 11.2 Å². The van der Waals surface area contributed by atoms with Crippen LogP contribution in [0.3, 0.4) is 0 Å². The molecule has 13 heteroatoms. The fourth-order valence-corrected chi connectivity index (χ4v) is 8.14. The molecule has 248 valence electrons. The fourth-order valence-electron chi connectivity index (χ4n) is 8.14. The van der Waals surface area contributed by atoms with Crippen molar-refractivity contribution in [3.63, 3.8) is 0 Å². The van der Waals surface area contributed by atoms with Crippen molar-refractivity contribution in [3.8, 4) is 29.3 Å². The number of ether oxygens (including phenoxy) is 2. The molecule has 4 aliphatic rings. The number of rotatable bonds is 7. The number of amides is 1. The molecule has 48 heavy (non-hydrogen) atoms. The van der Waals surface area contributed by atoms with Gasteiger partial charge in [-0.15, -0.1) is 0 Å². The molecule has 3 N–H and O–H groups in total. The van der Waals surface area contributed by atoms with E-state index in [1.807, 2.05) is 6.07 Å². The second-order valence-electron chi connectivity index (χ2n) is 13.6. The van der Waals surface area contributed by atoms with Crippen molar-refractivity contribution in [1.82, 2.24) is 35.1 Å². The zero-order valence-corrected chi connectivity index (χ0v) is 27.2. The second-order valence-corrected chi connectivity index (χ2v) is 13.6. The monoisotopic (exact) mass is 649 g/mol. The molecule has 13 nitrogen and oxygen atoms in total. The number of aryl methyl sites for hydroxylation is 1. The van der Waals surface area contributed by atoms with Gasteiger partial charge in [0, 0.05) is 29.6 Å². The van der Waals surface area contributed by atoms with Gasteiger partial charge in [-0.25, -0.2) is 9.67 Å². The Kier molecular flexibility index (Phi) is 7.64. The Hall–Kier alpha value is -4.80. The number of fused-ring (bicyclic) bond motifs is 4. The van der Waals surface area contributed by atoms with E-state index >= 15 is 0 Å². The molecule has 8 rings (SSSR count). The van der Waals surface area contributed by atoms with E-state index < -0.39 is 5.41 Å². The summed E-state index contributed by atoms with van der Waals surface area (Å²) >= 11 is 0. The van der Waals surface area contributed by atoms with Gasteiger partial charge >= 0.3 is 0 Å². The minimum atomic E-state index is -0.499. The Labute approximate surface area is 278 Å². The number of nitrogens with zero attached hydrogens (tertiary/aromatic N) is 7. The van der Waals surface area contributed by atoms with E-state index in [-0.39, 0.29) is 29.8 Å². The second kappa shape index (κ2) is 12.0. The summed E-state index contributed by atoms with van der Waals surface area (Å²) in [5.41, 5.74) is 10.7. The number of benzene rings is 1. The molecule has 0 saturated carbocycles. The first kappa shape index (κ1) is 30.5. The number of likely N-dealkylation sites (N-methyl/N-ethyl adjacent to an activating group) is 1. The third-order valence-corrected chi connectivity index (χ3v) is 10.6. The van der Waals surface area contributed by atoms with Crippen molar-refractivity contribution in [2.75, 3.05) is 32.5 Å². The van der Waals surface area contributed by atoms with Crippen molar-refractivity contribution in [2.45, 2.75) is 81.9 Å². The normalized spacial score (nSPS) is 22.8. The van der Waals surface area contributed by atoms with Gasteiger partial charge < -0.3 is 25.0 Å². The average Bonchev–Trinajstić information content (AvgIpc) is 3.83. The highest BCUT2D eigenvalue weighted by Crippen LogP contribution is 2.53. The van der Waals surface area contributed by atoms with Gasteiger partial charge in [0.1, 0.15) is 12.2 Å². The van der Waals surface area contributed by atoms with E-state index in [0.29, 0.717) is 47.7 Å². The number of nitrogens with one attached hydrogen (secondary N) is 1. The minimum absolute atomic E-state index is 0.0121. The summed E-state index contributed by atoms with van der Waals surface area (Å²) in [6, 6.07) is 9.94. The molecule has 5 heterocycles. The van der Waals surface area contributed by atoms with E-state index in [0.717, 1.165) is 80.4 Å². The Bertz CT molecular complexity index is 1920. The van der Waals surface area contributed by atoms with Crippen LogP contribution in [0.4, 0.5) is 5.69 Å². The van der Waals surface area contributed by atoms with Gasteiger partial charge in [-0.2, -0.15) is 15.3 Å². The molecule has 3 aromatic heterocycles. The average molecular weight is 650 g/mol. The number of likely N-dealkylation sites (tertiary alicyclic amines) is 1. The lowest BCUT2D eigenvalue weighted by Gasteiger charge is -2.41. The highest BCUT2D eigenvalue weighted by Gasteiger charge is 2.48. The molecule has 1 amide bonds. The number of carbonyl (C=O) groups is 1. The smallest absolute Gasteiger partial charge is 0.272 e. The van der Waals surface area contributed by atoms with Gasteiger partial charge in [-0.3, -0.25) is 9.69 Å². The van der Waals surface area contributed by atoms with E-state index in [9.17, 15) is 10.1 Å². The largest absolute Gasteiger partial charge is 0.473 e. The van der Waals surface area contributed by atoms with E-state index in [1.165, 1.54) is 0 Å². The van der Waals surface area contributed by atoms with Crippen LogP contribution in [0, 0.1) is 11.3 Å². The first-order chi connectivity index (χ1) is 23.3. The molecule has 1 aromatic carbocycles. The standard InChI is InChI=1S/C35H39N9O4/c1-20(27-8-5-14-43(27)2)47-29-16-28(44-15-11-26(41-44)34(45)38-22-18-46-19-22)39-33(40-29)31-23-7-4-13-35(32(23)48-42-31)12-3-6-21-9-10-25(37)24(17-36)30(21)35/h9-11,15-16,20,22,27H,3-8,12-14,18-19,37H2,1-2H3,(H,38,45)/t20-,27-,35+/m0/s1. The topological polar surface area (TPSA) is 170 Å². The molecule has 2 aliphatic heterocycles. The maximum absolute atomic E-state index is 12.8. The van der Waals surface area contributed by atoms with Crippen molar-refractivity contribution in [2.24, 2.45) is 0 Å². The molecular weight excluding hydrogens is 610 g/mol. The number of hydrogen-bond acceptors (Lipinski definition) is 11. The molecule has 0 unspecified atom stereocenters. The van der Waals surface area contributed by atoms with Gasteiger partial charge in [0.05, 0.1) is 30.2 Å². The summed E-state index contributed by atoms with van der Waals surface area (Å²) in [7, 11) is 2.12. The molecule has 1 spiro atoms. The number of carbonyl (C=O) groups excluding carboxylic acids is 1. The van der Waals surface area contributed by atoms with Crippen LogP contribution in [-0.4, -0.2) is 80.7 Å². The summed E-state index contributed by atoms with van der Waals surface area (Å²) in [5.74, 6) is 1.68. The van der Waals surface area contributed by atoms with E-state index in [4.69, 9.17) is 29.7 Å². The maximum atomic E-state index is 12.8. The first-order valence-electron chi connectivity index (χ1n) is 16.9. The summed E-state index contributed by atoms with van der Waals surface area (Å²) in [4.78, 5) is 25.0. The van der Waals surface area contributed by atoms with Gasteiger partial charge in [0.25, 0.3) is 5.91 Å². The number of aromatic nitrogens is 5. The van der Waals surface area contributed by atoms with Crippen LogP contribution >= 0.6 is 0 Å². The summed E-state index contributed by atoms with van der Waals surface area (Å²) in [6.07, 6.45) is 8.91. The van der Waals surface area contributed by atoms with Gasteiger partial charge in [-0.05, 0) is 95.1 Å². The third-order valence-electron chi connectivity index (χ3n) is 10.6. The van der Waals surface area contributed by atoms with Gasteiger partial charge in [0.15, 0.2) is 28.8 Å². The molecule has 2 fully saturated rings. The van der Waals surface area contributed by atoms with Crippen molar-refractivity contribution < 1.29 is 18.8 Å². The quantitative estimate of drug-likeness (QED) is 0.280. The highest BCUT2D eigenvalue weighted by molar-refractivity contribution is 5.92. The Morgan fingerprint density at radius 2 is 2.02 bits per heavy atom. The molecule has 2 aliphatic carbocycles. The van der Waals surface area contributed by atoms with E-state index in [2.05, 4.69) is 46.6 Å². The van der Waals surface area contributed by atoms with Crippen molar-refractivity contribution in [1.29, 1.82) is 5.26 Å².